The van der Waals surface area contributed by atoms with Crippen molar-refractivity contribution in [2.24, 2.45) is 0 Å². The van der Waals surface area contributed by atoms with Crippen molar-refractivity contribution in [2.45, 2.75) is 39.2 Å². The molecule has 0 unspecified atom stereocenters. The molecule has 0 aliphatic heterocycles. The lowest BCUT2D eigenvalue weighted by molar-refractivity contribution is 0.593. The summed E-state index contributed by atoms with van der Waals surface area (Å²) in [5, 5.41) is 4.07. The highest BCUT2D eigenvalue weighted by molar-refractivity contribution is 6.30. The summed E-state index contributed by atoms with van der Waals surface area (Å²) in [5.74, 6) is 0. The molecule has 0 atom stereocenters. The minimum Gasteiger partial charge on any atom is -0.311 e. The maximum absolute atomic E-state index is 5.75. The first-order valence-electron chi connectivity index (χ1n) is 5.64. The number of nitrogens with zero attached hydrogens (tertiary/aromatic N) is 1. The zero-order chi connectivity index (χ0) is 10.9. The van der Waals surface area contributed by atoms with Gasteiger partial charge in [-0.3, -0.25) is 4.98 Å². The Morgan fingerprint density at radius 2 is 2.13 bits per heavy atom. The fourth-order valence-corrected chi connectivity index (χ4v) is 1.52. The smallest absolute Gasteiger partial charge is 0.0589 e. The van der Waals surface area contributed by atoms with E-state index in [1.54, 1.807) is 6.20 Å². The van der Waals surface area contributed by atoms with Crippen LogP contribution in [0.2, 0.25) is 5.02 Å². The summed E-state index contributed by atoms with van der Waals surface area (Å²) < 4.78 is 0. The van der Waals surface area contributed by atoms with E-state index in [1.165, 1.54) is 25.7 Å². The number of nitrogens with one attached hydrogen (secondary N) is 1. The van der Waals surface area contributed by atoms with Crippen molar-refractivity contribution in [3.63, 3.8) is 0 Å². The summed E-state index contributed by atoms with van der Waals surface area (Å²) in [5.41, 5.74) is 1.05. The van der Waals surface area contributed by atoms with Crippen molar-refractivity contribution in [1.29, 1.82) is 0 Å². The predicted octanol–water partition coefficient (Wildman–Crippen LogP) is 3.40. The molecule has 0 spiro atoms. The average Bonchev–Trinajstić information content (AvgIpc) is 2.26. The first-order valence-corrected chi connectivity index (χ1v) is 6.02. The number of rotatable bonds is 7. The number of hydrogen-bond acceptors (Lipinski definition) is 2. The average molecular weight is 227 g/mol. The van der Waals surface area contributed by atoms with Crippen molar-refractivity contribution in [3.8, 4) is 0 Å². The molecule has 0 aliphatic carbocycles. The van der Waals surface area contributed by atoms with E-state index in [1.807, 2.05) is 12.1 Å². The van der Waals surface area contributed by atoms with Crippen molar-refractivity contribution in [1.82, 2.24) is 10.3 Å². The molecule has 2 nitrogen and oxygen atoms in total. The molecule has 0 saturated carbocycles. The van der Waals surface area contributed by atoms with Crippen LogP contribution in [0, 0.1) is 0 Å². The Labute approximate surface area is 97.1 Å². The third-order valence-electron chi connectivity index (χ3n) is 2.30. The quantitative estimate of drug-likeness (QED) is 0.721. The second kappa shape index (κ2) is 7.66. The fourth-order valence-electron chi connectivity index (χ4n) is 1.40. The Hall–Kier alpha value is -0.600. The van der Waals surface area contributed by atoms with Gasteiger partial charge < -0.3 is 5.32 Å². The minimum atomic E-state index is 0.696. The van der Waals surface area contributed by atoms with Gasteiger partial charge in [-0.25, -0.2) is 0 Å². The van der Waals surface area contributed by atoms with E-state index in [-0.39, 0.29) is 0 Å². The Morgan fingerprint density at radius 1 is 1.27 bits per heavy atom. The highest BCUT2D eigenvalue weighted by Gasteiger charge is 1.94. The van der Waals surface area contributed by atoms with E-state index >= 15 is 0 Å². The van der Waals surface area contributed by atoms with Gasteiger partial charge in [0.1, 0.15) is 0 Å². The topological polar surface area (TPSA) is 24.9 Å². The normalized spacial score (nSPS) is 10.5. The Bertz CT molecular complexity index is 259. The molecule has 0 amide bonds. The van der Waals surface area contributed by atoms with E-state index in [2.05, 4.69) is 17.2 Å². The molecule has 0 fully saturated rings. The van der Waals surface area contributed by atoms with Gasteiger partial charge in [0.15, 0.2) is 0 Å². The molecule has 0 radical (unpaired) electrons. The highest BCUT2D eigenvalue weighted by atomic mass is 35.5. The summed E-state index contributed by atoms with van der Waals surface area (Å²) in [6, 6.07) is 3.84. The molecule has 1 aromatic rings. The number of halogens is 1. The van der Waals surface area contributed by atoms with Crippen LogP contribution in [0.4, 0.5) is 0 Å². The second-order valence-corrected chi connectivity index (χ2v) is 4.14. The van der Waals surface area contributed by atoms with Crippen LogP contribution in [-0.4, -0.2) is 11.5 Å². The Morgan fingerprint density at radius 3 is 2.80 bits per heavy atom. The Kier molecular flexibility index (Phi) is 6.37. The number of hydrogen-bond donors (Lipinski definition) is 1. The number of pyridine rings is 1. The minimum absolute atomic E-state index is 0.696. The van der Waals surface area contributed by atoms with Crippen molar-refractivity contribution >= 4 is 11.6 Å². The van der Waals surface area contributed by atoms with Gasteiger partial charge in [-0.1, -0.05) is 37.8 Å². The molecule has 84 valence electrons. The molecular formula is C12H19ClN2. The summed E-state index contributed by atoms with van der Waals surface area (Å²) >= 11 is 5.75. The van der Waals surface area contributed by atoms with Gasteiger partial charge in [0, 0.05) is 12.7 Å². The van der Waals surface area contributed by atoms with Crippen LogP contribution in [-0.2, 0) is 6.54 Å². The molecule has 1 N–H and O–H groups in total. The second-order valence-electron chi connectivity index (χ2n) is 3.71. The van der Waals surface area contributed by atoms with Crippen LogP contribution >= 0.6 is 11.6 Å². The van der Waals surface area contributed by atoms with Crippen molar-refractivity contribution in [2.75, 3.05) is 6.54 Å². The third kappa shape index (κ3) is 5.75. The molecule has 1 aromatic heterocycles. The zero-order valence-corrected chi connectivity index (χ0v) is 10.1. The third-order valence-corrected chi connectivity index (χ3v) is 2.53. The molecule has 0 aliphatic rings. The molecule has 15 heavy (non-hydrogen) atoms. The van der Waals surface area contributed by atoms with E-state index in [4.69, 9.17) is 11.6 Å². The Balaban J connectivity index is 2.07. The number of aromatic nitrogens is 1. The molecule has 1 heterocycles. The molecule has 1 rings (SSSR count). The lowest BCUT2D eigenvalue weighted by atomic mass is 10.2. The van der Waals surface area contributed by atoms with Gasteiger partial charge in [-0.05, 0) is 25.1 Å². The van der Waals surface area contributed by atoms with Crippen LogP contribution in [0.25, 0.3) is 0 Å². The van der Waals surface area contributed by atoms with E-state index in [9.17, 15) is 0 Å². The van der Waals surface area contributed by atoms with Gasteiger partial charge >= 0.3 is 0 Å². The van der Waals surface area contributed by atoms with E-state index in [0.717, 1.165) is 18.8 Å². The predicted molar refractivity (Wildman–Crippen MR) is 65.1 cm³/mol. The van der Waals surface area contributed by atoms with Crippen LogP contribution in [0.3, 0.4) is 0 Å². The van der Waals surface area contributed by atoms with Gasteiger partial charge in [0.25, 0.3) is 0 Å². The van der Waals surface area contributed by atoms with Crippen LogP contribution in [0.1, 0.15) is 38.3 Å². The largest absolute Gasteiger partial charge is 0.311 e. The SMILES string of the molecule is CCCCCCNCc1ccc(Cl)cn1. The van der Waals surface area contributed by atoms with Crippen molar-refractivity contribution in [3.05, 3.63) is 29.0 Å². The summed E-state index contributed by atoms with van der Waals surface area (Å²) in [6.45, 7) is 4.14. The van der Waals surface area contributed by atoms with E-state index in [0.29, 0.717) is 5.02 Å². The lowest BCUT2D eigenvalue weighted by Crippen LogP contribution is -2.15. The molecule has 3 heteroatoms. The zero-order valence-electron chi connectivity index (χ0n) is 9.30. The maximum atomic E-state index is 5.75. The number of unbranched alkanes of at least 4 members (excludes halogenated alkanes) is 3. The van der Waals surface area contributed by atoms with Crippen LogP contribution in [0.5, 0.6) is 0 Å². The summed E-state index contributed by atoms with van der Waals surface area (Å²) in [4.78, 5) is 4.22. The highest BCUT2D eigenvalue weighted by Crippen LogP contribution is 2.05. The van der Waals surface area contributed by atoms with E-state index < -0.39 is 0 Å². The van der Waals surface area contributed by atoms with Gasteiger partial charge in [0.2, 0.25) is 0 Å². The fraction of sp³-hybridized carbons (Fsp3) is 0.583. The first kappa shape index (κ1) is 12.5. The molecule has 0 saturated heterocycles. The van der Waals surface area contributed by atoms with Gasteiger partial charge in [0.05, 0.1) is 10.7 Å². The standard InChI is InChI=1S/C12H19ClN2/c1-2-3-4-5-8-14-10-12-7-6-11(13)9-15-12/h6-7,9,14H,2-5,8,10H2,1H3. The molecule has 0 bridgehead atoms. The van der Waals surface area contributed by atoms with Crippen molar-refractivity contribution < 1.29 is 0 Å². The monoisotopic (exact) mass is 226 g/mol. The lowest BCUT2D eigenvalue weighted by Gasteiger charge is -2.03. The van der Waals surface area contributed by atoms with Crippen LogP contribution in [0.15, 0.2) is 18.3 Å². The first-order chi connectivity index (χ1) is 7.33. The maximum Gasteiger partial charge on any atom is 0.0589 e. The molecular weight excluding hydrogens is 208 g/mol. The molecule has 0 aromatic carbocycles. The van der Waals surface area contributed by atoms with Crippen LogP contribution < -0.4 is 5.32 Å². The summed E-state index contributed by atoms with van der Waals surface area (Å²) in [7, 11) is 0. The summed E-state index contributed by atoms with van der Waals surface area (Å²) in [6.07, 6.45) is 6.88. The van der Waals surface area contributed by atoms with Gasteiger partial charge in [-0.2, -0.15) is 0 Å². The van der Waals surface area contributed by atoms with Gasteiger partial charge in [-0.15, -0.1) is 0 Å².